The summed E-state index contributed by atoms with van der Waals surface area (Å²) < 4.78 is 23.7. The highest BCUT2D eigenvalue weighted by atomic mass is 32.1. The molecule has 4 aromatic rings. The standard InChI is InChI=1S/C31H35FN8O4S/c1-18-17-44-29-26-19(15-21(32)27(29)39-13-11-38(2)12-14-39)28(43)20(16-40(18)26)30-36-37-31(45-30)35-25(42)10-6-5-9-24(41)34-23-8-4-3-7-22(23)33/h3-4,7-8,15-16,18H,5-6,9-14,17,33H2,1-2H3,(H,34,41)(H,35,37,42)/t18-/m0/s1. The zero-order chi connectivity index (χ0) is 31.7. The third-order valence-electron chi connectivity index (χ3n) is 8.16. The van der Waals surface area contributed by atoms with Crippen molar-refractivity contribution in [3.8, 4) is 16.3 Å². The summed E-state index contributed by atoms with van der Waals surface area (Å²) in [5.74, 6) is -0.552. The van der Waals surface area contributed by atoms with Gasteiger partial charge in [0.1, 0.15) is 12.3 Å². The van der Waals surface area contributed by atoms with Gasteiger partial charge in [-0.05, 0) is 45.0 Å². The van der Waals surface area contributed by atoms with Crippen molar-refractivity contribution in [3.05, 3.63) is 52.6 Å². The third kappa shape index (κ3) is 6.33. The lowest BCUT2D eigenvalue weighted by Crippen LogP contribution is -2.45. The molecule has 2 amide bonds. The van der Waals surface area contributed by atoms with E-state index in [9.17, 15) is 14.4 Å². The van der Waals surface area contributed by atoms with E-state index in [4.69, 9.17) is 10.5 Å². The van der Waals surface area contributed by atoms with E-state index in [0.29, 0.717) is 65.9 Å². The maximum atomic E-state index is 15.7. The summed E-state index contributed by atoms with van der Waals surface area (Å²) in [6, 6.07) is 8.21. The van der Waals surface area contributed by atoms with Crippen LogP contribution in [0.4, 0.5) is 26.6 Å². The minimum absolute atomic E-state index is 0.107. The number of carbonyl (C=O) groups is 2. The topological polar surface area (TPSA) is 148 Å². The molecule has 0 aliphatic carbocycles. The molecular formula is C31H35FN8O4S. The van der Waals surface area contributed by atoms with Gasteiger partial charge in [-0.25, -0.2) is 4.39 Å². The zero-order valence-electron chi connectivity index (χ0n) is 25.1. The van der Waals surface area contributed by atoms with E-state index in [1.54, 1.807) is 30.5 Å². The normalized spacial score (nSPS) is 16.4. The number of nitrogen functional groups attached to an aromatic ring is 1. The van der Waals surface area contributed by atoms with Crippen molar-refractivity contribution in [3.63, 3.8) is 0 Å². The van der Waals surface area contributed by atoms with Crippen molar-refractivity contribution in [2.75, 3.05) is 61.1 Å². The molecule has 1 fully saturated rings. The van der Waals surface area contributed by atoms with E-state index in [-0.39, 0.29) is 52.2 Å². The van der Waals surface area contributed by atoms with Crippen LogP contribution in [-0.4, -0.2) is 71.3 Å². The number of hydrogen-bond acceptors (Lipinski definition) is 10. The number of benzene rings is 2. The van der Waals surface area contributed by atoms with Crippen molar-refractivity contribution in [2.24, 2.45) is 0 Å². The SMILES string of the molecule is C[C@H]1COc2c(N3CCN(C)CC3)c(F)cc3c(=O)c(-c4nnc(NC(=O)CCCCC(=O)Nc5ccccc5N)s4)cn1c23. The van der Waals surface area contributed by atoms with Crippen molar-refractivity contribution in [1.82, 2.24) is 19.7 Å². The van der Waals surface area contributed by atoms with Gasteiger partial charge in [-0.15, -0.1) is 10.2 Å². The number of nitrogens with zero attached hydrogens (tertiary/aromatic N) is 5. The maximum Gasteiger partial charge on any atom is 0.226 e. The molecule has 2 aliphatic heterocycles. The monoisotopic (exact) mass is 634 g/mol. The summed E-state index contributed by atoms with van der Waals surface area (Å²) >= 11 is 1.08. The second-order valence-electron chi connectivity index (χ2n) is 11.5. The molecule has 0 radical (unpaired) electrons. The lowest BCUT2D eigenvalue weighted by atomic mass is 10.1. The molecule has 12 nitrogen and oxygen atoms in total. The molecule has 45 heavy (non-hydrogen) atoms. The van der Waals surface area contributed by atoms with Crippen LogP contribution >= 0.6 is 11.3 Å². The molecule has 14 heteroatoms. The molecule has 236 valence electrons. The first kappa shape index (κ1) is 30.5. The van der Waals surface area contributed by atoms with Crippen LogP contribution in [0.3, 0.4) is 0 Å². The molecule has 0 unspecified atom stereocenters. The fraction of sp³-hybridized carbons (Fsp3) is 0.387. The fourth-order valence-electron chi connectivity index (χ4n) is 5.65. The van der Waals surface area contributed by atoms with Gasteiger partial charge in [0.25, 0.3) is 0 Å². The summed E-state index contributed by atoms with van der Waals surface area (Å²) in [5.41, 5.74) is 7.76. The second kappa shape index (κ2) is 12.8. The minimum Gasteiger partial charge on any atom is -0.487 e. The van der Waals surface area contributed by atoms with Gasteiger partial charge in [0, 0.05) is 45.2 Å². The molecule has 1 saturated heterocycles. The van der Waals surface area contributed by atoms with Crippen molar-refractivity contribution in [1.29, 1.82) is 0 Å². The van der Waals surface area contributed by atoms with Crippen molar-refractivity contribution < 1.29 is 18.7 Å². The predicted octanol–water partition coefficient (Wildman–Crippen LogP) is 4.08. The highest BCUT2D eigenvalue weighted by molar-refractivity contribution is 7.18. The van der Waals surface area contributed by atoms with Gasteiger partial charge in [-0.2, -0.15) is 0 Å². The number of pyridine rings is 1. The van der Waals surface area contributed by atoms with Gasteiger partial charge < -0.3 is 35.5 Å². The van der Waals surface area contributed by atoms with Crippen LogP contribution in [0.15, 0.2) is 41.3 Å². The van der Waals surface area contributed by atoms with E-state index in [0.717, 1.165) is 24.4 Å². The number of anilines is 4. The number of likely N-dealkylation sites (N-methyl/N-ethyl adjacent to an activating group) is 1. The fourth-order valence-corrected chi connectivity index (χ4v) is 6.41. The molecular weight excluding hydrogens is 599 g/mol. The summed E-state index contributed by atoms with van der Waals surface area (Å²) in [5, 5.41) is 14.5. The molecule has 2 aromatic heterocycles. The second-order valence-corrected chi connectivity index (χ2v) is 12.4. The van der Waals surface area contributed by atoms with Crippen LogP contribution < -0.4 is 31.4 Å². The Labute approximate surface area is 263 Å². The van der Waals surface area contributed by atoms with Crippen LogP contribution in [0.2, 0.25) is 0 Å². The predicted molar refractivity (Wildman–Crippen MR) is 174 cm³/mol. The molecule has 0 spiro atoms. The number of nitrogens with two attached hydrogens (primary N) is 1. The first-order valence-electron chi connectivity index (χ1n) is 15.0. The molecule has 4 heterocycles. The molecule has 2 aromatic carbocycles. The van der Waals surface area contributed by atoms with E-state index < -0.39 is 5.82 Å². The van der Waals surface area contributed by atoms with E-state index in [2.05, 4.69) is 25.7 Å². The van der Waals surface area contributed by atoms with Crippen LogP contribution in [0.1, 0.15) is 38.6 Å². The Hall–Kier alpha value is -4.56. The Morgan fingerprint density at radius 1 is 1.09 bits per heavy atom. The van der Waals surface area contributed by atoms with Gasteiger partial charge in [-0.1, -0.05) is 23.5 Å². The number of amides is 2. The van der Waals surface area contributed by atoms with Gasteiger partial charge in [-0.3, -0.25) is 14.4 Å². The number of hydrogen-bond donors (Lipinski definition) is 3. The highest BCUT2D eigenvalue weighted by Gasteiger charge is 2.31. The Morgan fingerprint density at radius 2 is 1.80 bits per heavy atom. The molecule has 0 bridgehead atoms. The summed E-state index contributed by atoms with van der Waals surface area (Å²) in [6.45, 7) is 5.22. The summed E-state index contributed by atoms with van der Waals surface area (Å²) in [4.78, 5) is 42.7. The average molecular weight is 635 g/mol. The molecule has 1 atom stereocenters. The number of nitrogens with one attached hydrogen (secondary N) is 2. The smallest absolute Gasteiger partial charge is 0.226 e. The highest BCUT2D eigenvalue weighted by Crippen LogP contribution is 2.43. The summed E-state index contributed by atoms with van der Waals surface area (Å²) in [6.07, 6.45) is 3.18. The molecule has 2 aliphatic rings. The lowest BCUT2D eigenvalue weighted by Gasteiger charge is -2.37. The van der Waals surface area contributed by atoms with E-state index in [1.165, 1.54) is 6.07 Å². The van der Waals surface area contributed by atoms with Gasteiger partial charge in [0.05, 0.1) is 33.9 Å². The van der Waals surface area contributed by atoms with Gasteiger partial charge in [0.15, 0.2) is 22.0 Å². The average Bonchev–Trinajstić information content (AvgIpc) is 3.48. The largest absolute Gasteiger partial charge is 0.487 e. The lowest BCUT2D eigenvalue weighted by molar-refractivity contribution is -0.118. The van der Waals surface area contributed by atoms with Crippen LogP contribution in [0, 0.1) is 5.82 Å². The van der Waals surface area contributed by atoms with Crippen molar-refractivity contribution in [2.45, 2.75) is 38.6 Å². The zero-order valence-corrected chi connectivity index (χ0v) is 26.0. The van der Waals surface area contributed by atoms with E-state index in [1.807, 2.05) is 23.4 Å². The number of unbranched alkanes of at least 4 members (excludes halogenated alkanes) is 1. The van der Waals surface area contributed by atoms with Crippen molar-refractivity contribution >= 4 is 56.2 Å². The number of piperazine rings is 1. The number of rotatable bonds is 9. The Kier molecular flexibility index (Phi) is 8.67. The number of aromatic nitrogens is 3. The Balaban J connectivity index is 1.14. The summed E-state index contributed by atoms with van der Waals surface area (Å²) in [7, 11) is 2.04. The molecule has 0 saturated carbocycles. The van der Waals surface area contributed by atoms with Crippen LogP contribution in [0.25, 0.3) is 21.5 Å². The van der Waals surface area contributed by atoms with Crippen LogP contribution in [-0.2, 0) is 9.59 Å². The third-order valence-corrected chi connectivity index (χ3v) is 9.03. The first-order valence-corrected chi connectivity index (χ1v) is 15.8. The van der Waals surface area contributed by atoms with E-state index >= 15 is 4.39 Å². The van der Waals surface area contributed by atoms with Gasteiger partial charge >= 0.3 is 0 Å². The number of ether oxygens (including phenoxy) is 1. The number of para-hydroxylation sites is 2. The van der Waals surface area contributed by atoms with Crippen LogP contribution in [0.5, 0.6) is 5.75 Å². The number of halogens is 1. The molecule has 6 rings (SSSR count). The van der Waals surface area contributed by atoms with Gasteiger partial charge in [0.2, 0.25) is 16.9 Å². The quantitative estimate of drug-likeness (QED) is 0.183. The maximum absolute atomic E-state index is 15.7. The first-order chi connectivity index (χ1) is 21.7. The Morgan fingerprint density at radius 3 is 2.53 bits per heavy atom. The minimum atomic E-state index is -0.496. The molecule has 4 N–H and O–H groups in total. The Bertz CT molecular complexity index is 1820. The number of carbonyl (C=O) groups excluding carboxylic acids is 2.